The van der Waals surface area contributed by atoms with E-state index in [1.807, 2.05) is 65.8 Å². The highest BCUT2D eigenvalue weighted by Crippen LogP contribution is 2.54. The minimum atomic E-state index is -4.31. The summed E-state index contributed by atoms with van der Waals surface area (Å²) in [5.74, 6) is 0. The molecule has 0 radical (unpaired) electrons. The lowest BCUT2D eigenvalue weighted by Gasteiger charge is -2.21. The normalized spacial score (nSPS) is 11.6. The Kier molecular flexibility index (Phi) is 8.57. The second-order valence-electron chi connectivity index (χ2n) is 8.60. The average molecular weight is 443 g/mol. The van der Waals surface area contributed by atoms with E-state index in [1.165, 1.54) is 0 Å². The van der Waals surface area contributed by atoms with Crippen molar-refractivity contribution < 1.29 is 18.7 Å². The Labute approximate surface area is 186 Å². The molecule has 0 amide bonds. The van der Waals surface area contributed by atoms with Crippen LogP contribution in [0.25, 0.3) is 0 Å². The molecule has 31 heavy (non-hydrogen) atoms. The molecule has 2 rings (SSSR count). The van der Waals surface area contributed by atoms with E-state index in [4.69, 9.17) is 4.52 Å². The van der Waals surface area contributed by atoms with E-state index >= 15 is 0 Å². The monoisotopic (exact) mass is 442 g/mol. The Morgan fingerprint density at radius 3 is 1.45 bits per heavy atom. The van der Waals surface area contributed by atoms with Crippen LogP contribution >= 0.6 is 7.37 Å². The summed E-state index contributed by atoms with van der Waals surface area (Å²) in [5, 5.41) is 0. The van der Waals surface area contributed by atoms with E-state index in [1.54, 1.807) is 0 Å². The molecule has 0 unspecified atom stereocenters. The number of carbonyl (C=O) groups is 2. The largest absolute Gasteiger partial charge is 0.340 e. The van der Waals surface area contributed by atoms with Crippen LogP contribution in [0.3, 0.4) is 0 Å². The van der Waals surface area contributed by atoms with Crippen molar-refractivity contribution in [3.05, 3.63) is 68.8 Å². The minimum absolute atomic E-state index is 0.128. The summed E-state index contributed by atoms with van der Waals surface area (Å²) in [5.41, 5.74) is 4.15. The van der Waals surface area contributed by atoms with Crippen molar-refractivity contribution in [3.63, 3.8) is 0 Å². The first-order valence-electron chi connectivity index (χ1n) is 11.0. The van der Waals surface area contributed by atoms with Crippen LogP contribution in [-0.4, -0.2) is 17.7 Å². The van der Waals surface area contributed by atoms with E-state index in [-0.39, 0.29) is 6.61 Å². The van der Waals surface area contributed by atoms with Gasteiger partial charge in [-0.1, -0.05) is 61.6 Å². The molecule has 2 aromatic rings. The van der Waals surface area contributed by atoms with Gasteiger partial charge in [-0.25, -0.2) is 0 Å². The maximum Gasteiger partial charge on any atom is 0.340 e. The summed E-state index contributed by atoms with van der Waals surface area (Å²) in [6.45, 7) is 13.4. The van der Waals surface area contributed by atoms with Crippen molar-refractivity contribution in [3.8, 4) is 0 Å². The van der Waals surface area contributed by atoms with Crippen LogP contribution in [0.1, 0.15) is 86.7 Å². The van der Waals surface area contributed by atoms with E-state index in [0.29, 0.717) is 39.8 Å². The lowest BCUT2D eigenvalue weighted by Crippen LogP contribution is -2.17. The minimum Gasteiger partial charge on any atom is -0.318 e. The first-order valence-corrected chi connectivity index (χ1v) is 12.7. The van der Waals surface area contributed by atoms with Gasteiger partial charge in [-0.2, -0.15) is 0 Å². The number of hydrogen-bond acceptors (Lipinski definition) is 4. The van der Waals surface area contributed by atoms with E-state index in [0.717, 1.165) is 30.4 Å². The van der Waals surface area contributed by atoms with Gasteiger partial charge in [0.2, 0.25) is 0 Å². The van der Waals surface area contributed by atoms with Crippen molar-refractivity contribution >= 4 is 18.4 Å². The highest BCUT2D eigenvalue weighted by atomic mass is 31.2. The fourth-order valence-corrected chi connectivity index (χ4v) is 6.36. The highest BCUT2D eigenvalue weighted by molar-refractivity contribution is 7.91. The van der Waals surface area contributed by atoms with Crippen LogP contribution < -0.4 is 0 Å². The Balaban J connectivity index is 2.55. The second-order valence-corrected chi connectivity index (χ2v) is 10.8. The zero-order valence-electron chi connectivity index (χ0n) is 19.9. The van der Waals surface area contributed by atoms with Crippen molar-refractivity contribution in [1.29, 1.82) is 0 Å². The van der Waals surface area contributed by atoms with Gasteiger partial charge in [0.15, 0.2) is 0 Å². The lowest BCUT2D eigenvalue weighted by molar-refractivity contribution is 0.0993. The van der Waals surface area contributed by atoms with Gasteiger partial charge in [-0.15, -0.1) is 0 Å². The maximum absolute atomic E-state index is 14.1. The zero-order valence-corrected chi connectivity index (χ0v) is 20.8. The van der Waals surface area contributed by atoms with Gasteiger partial charge >= 0.3 is 7.37 Å². The van der Waals surface area contributed by atoms with E-state index in [2.05, 4.69) is 6.92 Å². The van der Waals surface area contributed by atoms with Crippen LogP contribution in [0.4, 0.5) is 0 Å². The third kappa shape index (κ3) is 5.61. The SMILES string of the molecule is CCCCCCOP(=O)(C(=O)c1c(C)cc(C)cc1C)C(=O)c1c(C)cc(C)cc1C. The molecule has 4 nitrogen and oxygen atoms in total. The van der Waals surface area contributed by atoms with Crippen LogP contribution in [0.2, 0.25) is 0 Å². The van der Waals surface area contributed by atoms with Crippen molar-refractivity contribution in [2.45, 2.75) is 74.1 Å². The average Bonchev–Trinajstić information content (AvgIpc) is 2.65. The molecule has 0 N–H and O–H groups in total. The molecule has 0 spiro atoms. The molecule has 2 aromatic carbocycles. The maximum atomic E-state index is 14.1. The third-order valence-corrected chi connectivity index (χ3v) is 7.65. The lowest BCUT2D eigenvalue weighted by atomic mass is 10.0. The summed E-state index contributed by atoms with van der Waals surface area (Å²) >= 11 is 0. The van der Waals surface area contributed by atoms with Gasteiger partial charge < -0.3 is 4.52 Å². The molecule has 0 aliphatic carbocycles. The molecular formula is C26H35O4P. The molecule has 0 heterocycles. The van der Waals surface area contributed by atoms with Crippen molar-refractivity contribution in [2.24, 2.45) is 0 Å². The van der Waals surface area contributed by atoms with Crippen LogP contribution in [-0.2, 0) is 9.09 Å². The highest BCUT2D eigenvalue weighted by Gasteiger charge is 2.44. The van der Waals surface area contributed by atoms with Gasteiger partial charge in [0.05, 0.1) is 6.61 Å². The Morgan fingerprint density at radius 2 is 1.10 bits per heavy atom. The summed E-state index contributed by atoms with van der Waals surface area (Å²) in [4.78, 5) is 27.3. The van der Waals surface area contributed by atoms with Gasteiger partial charge in [-0.05, 0) is 70.2 Å². The topological polar surface area (TPSA) is 60.4 Å². The molecule has 0 aliphatic rings. The second kappa shape index (κ2) is 10.5. The number of rotatable bonds is 10. The zero-order chi connectivity index (χ0) is 23.3. The molecule has 0 bridgehead atoms. The Bertz CT molecular complexity index is 916. The van der Waals surface area contributed by atoms with E-state index in [9.17, 15) is 14.2 Å². The number of unbranched alkanes of at least 4 members (excludes halogenated alkanes) is 3. The predicted octanol–water partition coefficient (Wildman–Crippen LogP) is 7.39. The number of carbonyl (C=O) groups excluding carboxylic acids is 2. The third-order valence-electron chi connectivity index (χ3n) is 5.59. The van der Waals surface area contributed by atoms with Crippen molar-refractivity contribution in [1.82, 2.24) is 0 Å². The summed E-state index contributed by atoms with van der Waals surface area (Å²) in [6.07, 6.45) is 3.65. The fourth-order valence-electron chi connectivity index (χ4n) is 4.26. The first kappa shape index (κ1) is 25.2. The molecule has 0 fully saturated rings. The molecule has 0 atom stereocenters. The molecular weight excluding hydrogens is 407 g/mol. The smallest absolute Gasteiger partial charge is 0.318 e. The number of benzene rings is 2. The molecule has 0 aromatic heterocycles. The van der Waals surface area contributed by atoms with Gasteiger partial charge in [0, 0.05) is 11.1 Å². The van der Waals surface area contributed by atoms with Gasteiger partial charge in [0.25, 0.3) is 11.0 Å². The van der Waals surface area contributed by atoms with Gasteiger partial charge in [-0.3, -0.25) is 14.2 Å². The summed E-state index contributed by atoms with van der Waals surface area (Å²) < 4.78 is 19.8. The number of aryl methyl sites for hydroxylation is 6. The molecule has 0 saturated heterocycles. The predicted molar refractivity (Wildman–Crippen MR) is 128 cm³/mol. The van der Waals surface area contributed by atoms with E-state index < -0.39 is 18.4 Å². The van der Waals surface area contributed by atoms with Gasteiger partial charge in [0.1, 0.15) is 0 Å². The Hall–Kier alpha value is -2.03. The summed E-state index contributed by atoms with van der Waals surface area (Å²) in [6, 6.07) is 7.49. The van der Waals surface area contributed by atoms with Crippen LogP contribution in [0, 0.1) is 41.5 Å². The quantitative estimate of drug-likeness (QED) is 0.284. The van der Waals surface area contributed by atoms with Crippen LogP contribution in [0.15, 0.2) is 24.3 Å². The van der Waals surface area contributed by atoms with Crippen LogP contribution in [0.5, 0.6) is 0 Å². The summed E-state index contributed by atoms with van der Waals surface area (Å²) in [7, 11) is -4.31. The molecule has 0 saturated carbocycles. The standard InChI is InChI=1S/C26H35O4P/c1-8-9-10-11-12-30-31(29,25(27)23-19(4)13-17(2)14-20(23)5)26(28)24-21(6)15-18(3)16-22(24)7/h13-16H,8-12H2,1-7H3. The molecule has 0 aliphatic heterocycles. The van der Waals surface area contributed by atoms with Crippen molar-refractivity contribution in [2.75, 3.05) is 6.61 Å². The first-order chi connectivity index (χ1) is 14.5. The number of hydrogen-bond donors (Lipinski definition) is 0. The molecule has 5 heteroatoms. The Morgan fingerprint density at radius 1 is 0.710 bits per heavy atom. The fraction of sp³-hybridized carbons (Fsp3) is 0.462. The molecule has 168 valence electrons.